The molecule has 196 valence electrons. The van der Waals surface area contributed by atoms with E-state index in [0.717, 1.165) is 16.9 Å². The topological polar surface area (TPSA) is 108 Å². The van der Waals surface area contributed by atoms with Gasteiger partial charge in [-0.1, -0.05) is 30.3 Å². The minimum Gasteiger partial charge on any atom is -0.508 e. The third-order valence-corrected chi connectivity index (χ3v) is 8.18. The van der Waals surface area contributed by atoms with Crippen LogP contribution in [0.5, 0.6) is 5.75 Å². The van der Waals surface area contributed by atoms with Crippen LogP contribution in [0.25, 0.3) is 0 Å². The second-order valence-corrected chi connectivity index (χ2v) is 10.4. The highest BCUT2D eigenvalue weighted by atomic mass is 16.6. The Balaban J connectivity index is 1.28. The molecule has 0 unspecified atom stereocenters. The van der Waals surface area contributed by atoms with Crippen molar-refractivity contribution < 1.29 is 29.3 Å². The summed E-state index contributed by atoms with van der Waals surface area (Å²) in [5.74, 6) is -4.30. The molecule has 1 aliphatic carbocycles. The summed E-state index contributed by atoms with van der Waals surface area (Å²) in [4.78, 5) is 28.7. The fourth-order valence-electron chi connectivity index (χ4n) is 6.41. The number of imide groups is 1. The lowest BCUT2D eigenvalue weighted by Gasteiger charge is -2.44. The number of para-hydroxylation sites is 1. The van der Waals surface area contributed by atoms with Gasteiger partial charge >= 0.3 is 0 Å². The van der Waals surface area contributed by atoms with Gasteiger partial charge < -0.3 is 25.0 Å². The normalized spacial score (nSPS) is 30.3. The molecule has 0 aromatic heterocycles. The van der Waals surface area contributed by atoms with Crippen molar-refractivity contribution in [1.82, 2.24) is 0 Å². The number of carbonyl (C=O) groups is 2. The monoisotopic (exact) mass is 514 g/mol. The number of hydrogen-bond donors (Lipinski definition) is 3. The maximum atomic E-state index is 13.8. The van der Waals surface area contributed by atoms with Crippen LogP contribution in [0.3, 0.4) is 0 Å². The van der Waals surface area contributed by atoms with Crippen LogP contribution < -0.4 is 10.2 Å². The van der Waals surface area contributed by atoms with E-state index in [1.54, 1.807) is 43.5 Å². The summed E-state index contributed by atoms with van der Waals surface area (Å²) < 4.78 is 11.7. The van der Waals surface area contributed by atoms with Crippen molar-refractivity contribution >= 4 is 28.9 Å². The van der Waals surface area contributed by atoms with Crippen LogP contribution in [-0.4, -0.2) is 41.5 Å². The number of phenolic OH excluding ortho intramolecular Hbond substituents is 1. The zero-order valence-electron chi connectivity index (χ0n) is 21.0. The molecule has 1 saturated carbocycles. The van der Waals surface area contributed by atoms with Crippen molar-refractivity contribution in [1.29, 1.82) is 0 Å². The number of fused-ring (bicyclic) bond motifs is 3. The van der Waals surface area contributed by atoms with E-state index in [4.69, 9.17) is 9.47 Å². The molecule has 3 aromatic carbocycles. The van der Waals surface area contributed by atoms with Crippen molar-refractivity contribution in [2.45, 2.75) is 24.7 Å². The molecule has 2 saturated heterocycles. The summed E-state index contributed by atoms with van der Waals surface area (Å²) in [6.07, 6.45) is 0.210. The van der Waals surface area contributed by atoms with E-state index in [1.165, 1.54) is 4.90 Å². The minimum atomic E-state index is -1.60. The number of carbonyl (C=O) groups excluding carboxylic acids is 2. The Bertz CT molecular complexity index is 1330. The van der Waals surface area contributed by atoms with Crippen molar-refractivity contribution in [3.05, 3.63) is 84.4 Å². The molecule has 2 aliphatic heterocycles. The second kappa shape index (κ2) is 9.54. The molecule has 0 radical (unpaired) electrons. The van der Waals surface area contributed by atoms with Crippen LogP contribution in [0.4, 0.5) is 17.1 Å². The van der Waals surface area contributed by atoms with E-state index in [-0.39, 0.29) is 24.2 Å². The maximum absolute atomic E-state index is 13.8. The van der Waals surface area contributed by atoms with Gasteiger partial charge in [0.1, 0.15) is 5.75 Å². The van der Waals surface area contributed by atoms with Gasteiger partial charge in [-0.3, -0.25) is 14.5 Å². The molecular formula is C30H30N2O6. The summed E-state index contributed by atoms with van der Waals surface area (Å²) >= 11 is 0. The fraction of sp³-hybridized carbons (Fsp3) is 0.333. The van der Waals surface area contributed by atoms with Crippen molar-refractivity contribution in [3.63, 3.8) is 0 Å². The van der Waals surface area contributed by atoms with Gasteiger partial charge in [0.2, 0.25) is 11.8 Å². The Morgan fingerprint density at radius 3 is 2.32 bits per heavy atom. The lowest BCUT2D eigenvalue weighted by Crippen LogP contribution is -2.54. The lowest BCUT2D eigenvalue weighted by molar-refractivity contribution is -0.275. The number of methoxy groups -OCH3 is 1. The molecule has 3 N–H and O–H groups in total. The first kappa shape index (κ1) is 24.6. The predicted molar refractivity (Wildman–Crippen MR) is 141 cm³/mol. The van der Waals surface area contributed by atoms with Crippen LogP contribution >= 0.6 is 0 Å². The summed E-state index contributed by atoms with van der Waals surface area (Å²) in [6.45, 7) is 0.208. The number of nitrogens with zero attached hydrogens (tertiary/aromatic N) is 1. The van der Waals surface area contributed by atoms with Crippen molar-refractivity contribution in [2.24, 2.45) is 23.7 Å². The molecule has 8 nitrogen and oxygen atoms in total. The standard InChI is InChI=1S/C30H30N2O6/c1-37-17-19-15-24-27(25-16-26(38-30(19,25)36)18-7-13-23(33)14-8-18)29(35)32(28(24)34)22-11-9-21(10-12-22)31-20-5-3-2-4-6-20/h2-14,19,24-27,31,33,36H,15-17H2,1H3/t19-,24+,25+,26+,27+,30-/m1/s1. The number of amides is 2. The van der Waals surface area contributed by atoms with Gasteiger partial charge in [0.25, 0.3) is 0 Å². The Hall–Kier alpha value is -3.72. The van der Waals surface area contributed by atoms with Crippen LogP contribution in [0.1, 0.15) is 24.5 Å². The first-order chi connectivity index (χ1) is 18.4. The summed E-state index contributed by atoms with van der Waals surface area (Å²) in [5.41, 5.74) is 3.08. The van der Waals surface area contributed by atoms with Crippen molar-refractivity contribution in [2.75, 3.05) is 23.9 Å². The molecule has 3 aliphatic rings. The molecule has 2 amide bonds. The van der Waals surface area contributed by atoms with E-state index in [2.05, 4.69) is 5.32 Å². The van der Waals surface area contributed by atoms with Gasteiger partial charge in [0.05, 0.1) is 30.2 Å². The molecule has 2 heterocycles. The number of hydrogen-bond acceptors (Lipinski definition) is 7. The molecule has 0 bridgehead atoms. The quantitative estimate of drug-likeness (QED) is 0.419. The molecule has 38 heavy (non-hydrogen) atoms. The first-order valence-electron chi connectivity index (χ1n) is 12.9. The largest absolute Gasteiger partial charge is 0.508 e. The third kappa shape index (κ3) is 4.05. The number of rotatable bonds is 6. The summed E-state index contributed by atoms with van der Waals surface area (Å²) in [6, 6.07) is 23.6. The Morgan fingerprint density at radius 2 is 1.63 bits per heavy atom. The number of phenols is 1. The molecule has 6 rings (SSSR count). The van der Waals surface area contributed by atoms with Gasteiger partial charge in [-0.2, -0.15) is 0 Å². The van der Waals surface area contributed by atoms with Crippen LogP contribution in [-0.2, 0) is 19.1 Å². The highest BCUT2D eigenvalue weighted by molar-refractivity contribution is 6.22. The lowest BCUT2D eigenvalue weighted by atomic mass is 9.64. The number of aromatic hydroxyl groups is 1. The van der Waals surface area contributed by atoms with E-state index >= 15 is 0 Å². The number of anilines is 3. The van der Waals surface area contributed by atoms with E-state index in [1.807, 2.05) is 42.5 Å². The zero-order chi connectivity index (χ0) is 26.4. The molecule has 3 aromatic rings. The average molecular weight is 515 g/mol. The Morgan fingerprint density at radius 1 is 0.947 bits per heavy atom. The second-order valence-electron chi connectivity index (χ2n) is 10.4. The minimum absolute atomic E-state index is 0.136. The van der Waals surface area contributed by atoms with E-state index < -0.39 is 35.6 Å². The smallest absolute Gasteiger partial charge is 0.238 e. The molecule has 8 heteroatoms. The number of aliphatic hydroxyl groups is 1. The average Bonchev–Trinajstić information content (AvgIpc) is 3.40. The molecular weight excluding hydrogens is 484 g/mol. The van der Waals surface area contributed by atoms with Gasteiger partial charge in [0, 0.05) is 30.3 Å². The van der Waals surface area contributed by atoms with Crippen LogP contribution in [0.15, 0.2) is 78.9 Å². The first-order valence-corrected chi connectivity index (χ1v) is 12.9. The van der Waals surface area contributed by atoms with E-state index in [0.29, 0.717) is 18.5 Å². The Labute approximate surface area is 220 Å². The number of ether oxygens (including phenoxy) is 2. The molecule has 0 spiro atoms. The van der Waals surface area contributed by atoms with Gasteiger partial charge in [-0.15, -0.1) is 0 Å². The highest BCUT2D eigenvalue weighted by Crippen LogP contribution is 2.58. The summed E-state index contributed by atoms with van der Waals surface area (Å²) in [7, 11) is 1.55. The highest BCUT2D eigenvalue weighted by Gasteiger charge is 2.66. The fourth-order valence-corrected chi connectivity index (χ4v) is 6.41. The van der Waals surface area contributed by atoms with Gasteiger partial charge in [-0.25, -0.2) is 0 Å². The third-order valence-electron chi connectivity index (χ3n) is 8.18. The molecule has 3 fully saturated rings. The maximum Gasteiger partial charge on any atom is 0.238 e. The number of benzene rings is 3. The van der Waals surface area contributed by atoms with Crippen LogP contribution in [0.2, 0.25) is 0 Å². The van der Waals surface area contributed by atoms with Gasteiger partial charge in [-0.05, 0) is 66.9 Å². The van der Waals surface area contributed by atoms with Crippen LogP contribution in [0, 0.1) is 23.7 Å². The summed E-state index contributed by atoms with van der Waals surface area (Å²) in [5, 5.41) is 24.8. The SMILES string of the molecule is COC[C@H]1C[C@@H]2C(=O)N(c3ccc(Nc4ccccc4)cc3)C(=O)[C@@H]2[C@@H]2C[C@@H](c3ccc(O)cc3)O[C@]12O. The zero-order valence-corrected chi connectivity index (χ0v) is 21.0. The predicted octanol–water partition coefficient (Wildman–Crippen LogP) is 4.37. The van der Waals surface area contributed by atoms with Gasteiger partial charge in [0.15, 0.2) is 5.79 Å². The molecule has 6 atom stereocenters. The number of nitrogens with one attached hydrogen (secondary N) is 1. The Kier molecular flexibility index (Phi) is 6.18. The van der Waals surface area contributed by atoms with E-state index in [9.17, 15) is 19.8 Å². The van der Waals surface area contributed by atoms with Crippen molar-refractivity contribution in [3.8, 4) is 5.75 Å².